The SMILES string of the molecule is O=S(=O)(Cc1cccc(S(=O)(=O)N2CCCC2)c1)c1ccc(-c2ccc(F)cc2Cl)cc1. The van der Waals surface area contributed by atoms with E-state index in [0.29, 0.717) is 29.8 Å². The van der Waals surface area contributed by atoms with Crippen LogP contribution in [0, 0.1) is 5.82 Å². The molecule has 1 saturated heterocycles. The van der Waals surface area contributed by atoms with Crippen molar-refractivity contribution in [2.45, 2.75) is 28.4 Å². The van der Waals surface area contributed by atoms with Crippen molar-refractivity contribution in [1.82, 2.24) is 4.31 Å². The summed E-state index contributed by atoms with van der Waals surface area (Å²) >= 11 is 6.09. The summed E-state index contributed by atoms with van der Waals surface area (Å²) in [4.78, 5) is 0.209. The number of benzene rings is 3. The van der Waals surface area contributed by atoms with Crippen LogP contribution < -0.4 is 0 Å². The van der Waals surface area contributed by atoms with Crippen LogP contribution in [-0.2, 0) is 25.6 Å². The molecular formula is C23H21ClFNO4S2. The van der Waals surface area contributed by atoms with Crippen molar-refractivity contribution >= 4 is 31.5 Å². The third kappa shape index (κ3) is 4.73. The van der Waals surface area contributed by atoms with Gasteiger partial charge >= 0.3 is 0 Å². The second-order valence-corrected chi connectivity index (χ2v) is 12.0. The van der Waals surface area contributed by atoms with Crippen LogP contribution in [0.15, 0.2) is 76.5 Å². The minimum absolute atomic E-state index is 0.104. The molecule has 0 spiro atoms. The predicted octanol–water partition coefficient (Wildman–Crippen LogP) is 4.90. The lowest BCUT2D eigenvalue weighted by Gasteiger charge is -2.16. The summed E-state index contributed by atoms with van der Waals surface area (Å²) in [5.74, 6) is -0.778. The second kappa shape index (κ2) is 8.94. The van der Waals surface area contributed by atoms with Crippen molar-refractivity contribution < 1.29 is 21.2 Å². The van der Waals surface area contributed by atoms with E-state index >= 15 is 0 Å². The first kappa shape index (κ1) is 22.9. The molecule has 3 aromatic rings. The zero-order chi connectivity index (χ0) is 22.9. The topological polar surface area (TPSA) is 71.5 Å². The van der Waals surface area contributed by atoms with Crippen LogP contribution in [0.25, 0.3) is 11.1 Å². The zero-order valence-electron chi connectivity index (χ0n) is 17.0. The Labute approximate surface area is 192 Å². The minimum atomic E-state index is -3.71. The molecule has 0 saturated carbocycles. The average molecular weight is 494 g/mol. The van der Waals surface area contributed by atoms with E-state index in [0.717, 1.165) is 12.8 Å². The maximum Gasteiger partial charge on any atom is 0.243 e. The van der Waals surface area contributed by atoms with E-state index in [-0.39, 0.29) is 20.6 Å². The fraction of sp³-hybridized carbons (Fsp3) is 0.217. The highest BCUT2D eigenvalue weighted by Gasteiger charge is 2.27. The molecule has 0 unspecified atom stereocenters. The molecule has 1 fully saturated rings. The Morgan fingerprint density at radius 3 is 2.19 bits per heavy atom. The Kier molecular flexibility index (Phi) is 6.40. The molecule has 32 heavy (non-hydrogen) atoms. The van der Waals surface area contributed by atoms with Crippen molar-refractivity contribution in [2.24, 2.45) is 0 Å². The van der Waals surface area contributed by atoms with Crippen LogP contribution in [0.3, 0.4) is 0 Å². The smallest absolute Gasteiger partial charge is 0.223 e. The molecule has 1 aliphatic heterocycles. The number of sulfonamides is 1. The van der Waals surface area contributed by atoms with Gasteiger partial charge in [-0.05, 0) is 66.4 Å². The number of sulfone groups is 1. The van der Waals surface area contributed by atoms with E-state index < -0.39 is 25.7 Å². The Bertz CT molecular complexity index is 1350. The summed E-state index contributed by atoms with van der Waals surface area (Å²) in [5.41, 5.74) is 1.65. The highest BCUT2D eigenvalue weighted by Crippen LogP contribution is 2.30. The summed E-state index contributed by atoms with van der Waals surface area (Å²) in [7, 11) is -7.34. The van der Waals surface area contributed by atoms with Gasteiger partial charge in [-0.1, -0.05) is 35.9 Å². The molecular weight excluding hydrogens is 473 g/mol. The molecule has 0 bridgehead atoms. The third-order valence-electron chi connectivity index (χ3n) is 5.41. The van der Waals surface area contributed by atoms with E-state index in [9.17, 15) is 21.2 Å². The van der Waals surface area contributed by atoms with Crippen molar-refractivity contribution in [3.05, 3.63) is 83.1 Å². The fourth-order valence-corrected chi connectivity index (χ4v) is 6.94. The van der Waals surface area contributed by atoms with Crippen LogP contribution >= 0.6 is 11.6 Å². The summed E-state index contributed by atoms with van der Waals surface area (Å²) in [6.07, 6.45) is 1.65. The number of rotatable bonds is 6. The van der Waals surface area contributed by atoms with E-state index in [4.69, 9.17) is 11.6 Å². The number of halogens is 2. The van der Waals surface area contributed by atoms with Gasteiger partial charge in [0.1, 0.15) is 5.82 Å². The van der Waals surface area contributed by atoms with Gasteiger partial charge in [-0.25, -0.2) is 21.2 Å². The van der Waals surface area contributed by atoms with Gasteiger partial charge in [-0.3, -0.25) is 0 Å². The first-order valence-electron chi connectivity index (χ1n) is 10.0. The Hall–Kier alpha value is -2.26. The Morgan fingerprint density at radius 2 is 1.53 bits per heavy atom. The van der Waals surface area contributed by atoms with Gasteiger partial charge in [0.2, 0.25) is 10.0 Å². The maximum atomic E-state index is 13.3. The predicted molar refractivity (Wildman–Crippen MR) is 122 cm³/mol. The molecule has 168 valence electrons. The van der Waals surface area contributed by atoms with Crippen LogP contribution in [0.5, 0.6) is 0 Å². The molecule has 1 heterocycles. The van der Waals surface area contributed by atoms with Crippen LogP contribution in [0.1, 0.15) is 18.4 Å². The van der Waals surface area contributed by atoms with E-state index in [1.165, 1.54) is 46.8 Å². The normalized spacial score (nSPS) is 15.2. The highest BCUT2D eigenvalue weighted by molar-refractivity contribution is 7.90. The van der Waals surface area contributed by atoms with E-state index in [2.05, 4.69) is 0 Å². The van der Waals surface area contributed by atoms with Crippen LogP contribution in [0.2, 0.25) is 5.02 Å². The fourth-order valence-electron chi connectivity index (χ4n) is 3.74. The van der Waals surface area contributed by atoms with Gasteiger partial charge in [0.15, 0.2) is 9.84 Å². The Morgan fingerprint density at radius 1 is 0.844 bits per heavy atom. The molecule has 0 N–H and O–H groups in total. The minimum Gasteiger partial charge on any atom is -0.223 e. The van der Waals surface area contributed by atoms with Gasteiger partial charge in [0.25, 0.3) is 0 Å². The van der Waals surface area contributed by atoms with Crippen LogP contribution in [0.4, 0.5) is 4.39 Å². The van der Waals surface area contributed by atoms with Gasteiger partial charge in [0.05, 0.1) is 20.6 Å². The Balaban J connectivity index is 1.57. The standard InChI is InChI=1S/C23H21ClFNO4S2/c24-23-15-19(25)8-11-22(23)18-6-9-20(10-7-18)31(27,28)16-17-4-3-5-21(14-17)32(29,30)26-12-1-2-13-26/h3-11,14-15H,1-2,12-13,16H2. The lowest BCUT2D eigenvalue weighted by molar-refractivity contribution is 0.477. The van der Waals surface area contributed by atoms with E-state index in [1.807, 2.05) is 0 Å². The van der Waals surface area contributed by atoms with Crippen molar-refractivity contribution in [1.29, 1.82) is 0 Å². The van der Waals surface area contributed by atoms with Crippen molar-refractivity contribution in [3.63, 3.8) is 0 Å². The van der Waals surface area contributed by atoms with Crippen molar-refractivity contribution in [3.8, 4) is 11.1 Å². The van der Waals surface area contributed by atoms with Gasteiger partial charge in [0, 0.05) is 18.7 Å². The third-order valence-corrected chi connectivity index (χ3v) is 9.32. The molecule has 9 heteroatoms. The summed E-state index contributed by atoms with van der Waals surface area (Å²) < 4.78 is 66.2. The molecule has 5 nitrogen and oxygen atoms in total. The van der Waals surface area contributed by atoms with E-state index in [1.54, 1.807) is 24.3 Å². The lowest BCUT2D eigenvalue weighted by atomic mass is 10.1. The average Bonchev–Trinajstić information content (AvgIpc) is 3.30. The molecule has 0 atom stereocenters. The monoisotopic (exact) mass is 493 g/mol. The summed E-state index contributed by atoms with van der Waals surface area (Å²) in [6, 6.07) is 16.3. The molecule has 0 amide bonds. The summed E-state index contributed by atoms with van der Waals surface area (Å²) in [6.45, 7) is 0.963. The molecule has 1 aliphatic rings. The zero-order valence-corrected chi connectivity index (χ0v) is 19.4. The number of nitrogens with zero attached hydrogens (tertiary/aromatic N) is 1. The summed E-state index contributed by atoms with van der Waals surface area (Å²) in [5, 5.41) is 0.233. The first-order valence-corrected chi connectivity index (χ1v) is 13.5. The quantitative estimate of drug-likeness (QED) is 0.489. The van der Waals surface area contributed by atoms with Gasteiger partial charge in [-0.15, -0.1) is 0 Å². The number of hydrogen-bond donors (Lipinski definition) is 0. The molecule has 3 aromatic carbocycles. The highest BCUT2D eigenvalue weighted by atomic mass is 35.5. The largest absolute Gasteiger partial charge is 0.243 e. The molecule has 0 aliphatic carbocycles. The van der Waals surface area contributed by atoms with Gasteiger partial charge in [-0.2, -0.15) is 4.31 Å². The van der Waals surface area contributed by atoms with Crippen molar-refractivity contribution in [2.75, 3.05) is 13.1 Å². The lowest BCUT2D eigenvalue weighted by Crippen LogP contribution is -2.27. The molecule has 0 aromatic heterocycles. The second-order valence-electron chi connectivity index (χ2n) is 7.67. The molecule has 4 rings (SSSR count). The van der Waals surface area contributed by atoms with Gasteiger partial charge < -0.3 is 0 Å². The first-order chi connectivity index (χ1) is 15.2. The molecule has 0 radical (unpaired) electrons. The van der Waals surface area contributed by atoms with Crippen LogP contribution in [-0.4, -0.2) is 34.2 Å². The maximum absolute atomic E-state index is 13.3. The number of hydrogen-bond acceptors (Lipinski definition) is 4.